The topological polar surface area (TPSA) is 0 Å². The van der Waals surface area contributed by atoms with Gasteiger partial charge < -0.3 is 0 Å². The van der Waals surface area contributed by atoms with Crippen molar-refractivity contribution in [1.29, 1.82) is 0 Å². The Morgan fingerprint density at radius 2 is 0.925 bits per heavy atom. The molecule has 0 bridgehead atoms. The minimum absolute atomic E-state index is 0.354. The fraction of sp³-hybridized carbons (Fsp3) is 0. The van der Waals surface area contributed by atoms with Crippen LogP contribution in [0.15, 0.2) is 158 Å². The molecule has 0 amide bonds. The third-order valence-electron chi connectivity index (χ3n) is 8.11. The van der Waals surface area contributed by atoms with Crippen LogP contribution in [0.4, 0.5) is 0 Å². The Labute approximate surface area is 236 Å². The van der Waals surface area contributed by atoms with Crippen molar-refractivity contribution < 1.29 is 2.74 Å². The summed E-state index contributed by atoms with van der Waals surface area (Å²) >= 11 is 0. The Bertz CT molecular complexity index is 2270. The SMILES string of the molecule is [2H]c1ccc(-c2c3ccccc3c(-c3cccc4c(-c5ccc6ccccc6c5)cccc34)c3ccccc23)c([2H])c1. The van der Waals surface area contributed by atoms with Crippen LogP contribution in [0.25, 0.3) is 76.5 Å². The summed E-state index contributed by atoms with van der Waals surface area (Å²) in [5.41, 5.74) is 6.73. The van der Waals surface area contributed by atoms with Crippen molar-refractivity contribution in [3.63, 3.8) is 0 Å². The summed E-state index contributed by atoms with van der Waals surface area (Å²) in [7, 11) is 0. The van der Waals surface area contributed by atoms with Crippen molar-refractivity contribution in [2.45, 2.75) is 0 Å². The normalized spacial score (nSPS) is 12.2. The van der Waals surface area contributed by atoms with E-state index < -0.39 is 0 Å². The number of rotatable bonds is 3. The zero-order valence-electron chi connectivity index (χ0n) is 23.9. The summed E-state index contributed by atoms with van der Waals surface area (Å²) in [5.74, 6) is 0. The van der Waals surface area contributed by atoms with Gasteiger partial charge in [-0.2, -0.15) is 0 Å². The summed E-state index contributed by atoms with van der Waals surface area (Å²) in [6, 6.07) is 51.7. The van der Waals surface area contributed by atoms with Gasteiger partial charge >= 0.3 is 0 Å². The van der Waals surface area contributed by atoms with Gasteiger partial charge in [-0.25, -0.2) is 0 Å². The van der Waals surface area contributed by atoms with Crippen molar-refractivity contribution >= 4 is 43.1 Å². The van der Waals surface area contributed by atoms with E-state index in [2.05, 4.69) is 127 Å². The molecular formula is C40H26. The maximum atomic E-state index is 8.76. The van der Waals surface area contributed by atoms with E-state index in [1.165, 1.54) is 43.8 Å². The molecule has 0 atom stereocenters. The van der Waals surface area contributed by atoms with Gasteiger partial charge in [0.1, 0.15) is 0 Å². The van der Waals surface area contributed by atoms with Gasteiger partial charge in [-0.15, -0.1) is 0 Å². The molecule has 8 aromatic carbocycles. The van der Waals surface area contributed by atoms with Crippen molar-refractivity contribution in [3.05, 3.63) is 158 Å². The second kappa shape index (κ2) is 9.22. The van der Waals surface area contributed by atoms with Gasteiger partial charge in [-0.05, 0) is 82.5 Å². The molecule has 186 valence electrons. The molecule has 0 heteroatoms. The fourth-order valence-electron chi connectivity index (χ4n) is 6.35. The predicted molar refractivity (Wildman–Crippen MR) is 173 cm³/mol. The van der Waals surface area contributed by atoms with Crippen LogP contribution < -0.4 is 0 Å². The highest BCUT2D eigenvalue weighted by Gasteiger charge is 2.18. The highest BCUT2D eigenvalue weighted by atomic mass is 14.2. The van der Waals surface area contributed by atoms with Crippen LogP contribution >= 0.6 is 0 Å². The van der Waals surface area contributed by atoms with E-state index in [0.29, 0.717) is 12.1 Å². The highest BCUT2D eigenvalue weighted by Crippen LogP contribution is 2.46. The van der Waals surface area contributed by atoms with Crippen molar-refractivity contribution in [2.24, 2.45) is 0 Å². The number of fused-ring (bicyclic) bond motifs is 4. The zero-order chi connectivity index (χ0) is 28.2. The summed E-state index contributed by atoms with van der Waals surface area (Å²) in [6.07, 6.45) is 0. The molecule has 0 aliphatic heterocycles. The average Bonchev–Trinajstić information content (AvgIpc) is 3.03. The van der Waals surface area contributed by atoms with Gasteiger partial charge in [-0.1, -0.05) is 152 Å². The van der Waals surface area contributed by atoms with Gasteiger partial charge in [0.2, 0.25) is 0 Å². The molecule has 8 rings (SSSR count). The van der Waals surface area contributed by atoms with Gasteiger partial charge in [0.15, 0.2) is 0 Å². The third-order valence-corrected chi connectivity index (χ3v) is 8.11. The minimum atomic E-state index is 0.354. The molecule has 0 aliphatic carbocycles. The molecule has 0 heterocycles. The van der Waals surface area contributed by atoms with Crippen LogP contribution in [-0.4, -0.2) is 0 Å². The lowest BCUT2D eigenvalue weighted by Crippen LogP contribution is -1.92. The highest BCUT2D eigenvalue weighted by molar-refractivity contribution is 6.24. The fourth-order valence-corrected chi connectivity index (χ4v) is 6.35. The van der Waals surface area contributed by atoms with Crippen LogP contribution in [0.1, 0.15) is 2.74 Å². The summed E-state index contributed by atoms with van der Waals surface area (Å²) < 4.78 is 16.8. The largest absolute Gasteiger partial charge is 0.0629 e. The molecule has 0 unspecified atom stereocenters. The molecule has 0 nitrogen and oxygen atoms in total. The molecule has 0 aromatic heterocycles. The van der Waals surface area contributed by atoms with Crippen LogP contribution in [0.5, 0.6) is 0 Å². The van der Waals surface area contributed by atoms with E-state index in [-0.39, 0.29) is 0 Å². The number of hydrogen-bond acceptors (Lipinski definition) is 0. The van der Waals surface area contributed by atoms with Crippen LogP contribution in [0, 0.1) is 0 Å². The molecule has 8 aromatic rings. The standard InChI is InChI=1S/C40H26/c1-2-13-28(14-3-1)39-35-16-6-8-18-37(35)40(38-19-9-7-17-36(38)39)34-23-11-21-32-31(20-10-22-33(32)34)30-25-24-27-12-4-5-15-29(27)26-30/h1-26H/i1D,13D. The summed E-state index contributed by atoms with van der Waals surface area (Å²) in [5, 5.41) is 9.46. The van der Waals surface area contributed by atoms with E-state index in [1.807, 2.05) is 6.07 Å². The summed E-state index contributed by atoms with van der Waals surface area (Å²) in [6.45, 7) is 0. The van der Waals surface area contributed by atoms with E-state index in [9.17, 15) is 0 Å². The predicted octanol–water partition coefficient (Wildman–Crippen LogP) is 11.3. The van der Waals surface area contributed by atoms with E-state index >= 15 is 0 Å². The molecule has 0 N–H and O–H groups in total. The van der Waals surface area contributed by atoms with Crippen LogP contribution in [0.3, 0.4) is 0 Å². The molecular weight excluding hydrogens is 480 g/mol. The van der Waals surface area contributed by atoms with Gasteiger partial charge in [0.05, 0.1) is 2.74 Å². The maximum absolute atomic E-state index is 8.76. The zero-order valence-corrected chi connectivity index (χ0v) is 21.9. The Morgan fingerprint density at radius 1 is 0.350 bits per heavy atom. The van der Waals surface area contributed by atoms with Crippen LogP contribution in [0.2, 0.25) is 0 Å². The maximum Gasteiger partial charge on any atom is 0.0629 e. The Morgan fingerprint density at radius 3 is 1.62 bits per heavy atom. The molecule has 0 saturated carbocycles. The first-order valence-electron chi connectivity index (χ1n) is 14.7. The first kappa shape index (κ1) is 20.7. The lowest BCUT2D eigenvalue weighted by Gasteiger charge is -2.19. The van der Waals surface area contributed by atoms with E-state index in [4.69, 9.17) is 2.74 Å². The second-order valence-electron chi connectivity index (χ2n) is 10.3. The first-order valence-corrected chi connectivity index (χ1v) is 13.7. The number of benzene rings is 8. The quantitative estimate of drug-likeness (QED) is 0.208. The monoisotopic (exact) mass is 508 g/mol. The minimum Gasteiger partial charge on any atom is -0.0622 e. The smallest absolute Gasteiger partial charge is 0.0622 e. The first-order chi connectivity index (χ1) is 20.7. The Balaban J connectivity index is 1.45. The van der Waals surface area contributed by atoms with Crippen molar-refractivity contribution in [3.8, 4) is 33.4 Å². The van der Waals surface area contributed by atoms with Crippen LogP contribution in [-0.2, 0) is 0 Å². The van der Waals surface area contributed by atoms with Gasteiger partial charge in [-0.3, -0.25) is 0 Å². The van der Waals surface area contributed by atoms with Crippen molar-refractivity contribution in [2.75, 3.05) is 0 Å². The van der Waals surface area contributed by atoms with Crippen molar-refractivity contribution in [1.82, 2.24) is 0 Å². The molecule has 0 spiro atoms. The molecule has 40 heavy (non-hydrogen) atoms. The third kappa shape index (κ3) is 3.54. The molecule has 0 aliphatic rings. The van der Waals surface area contributed by atoms with Gasteiger partial charge in [0.25, 0.3) is 0 Å². The lowest BCUT2D eigenvalue weighted by atomic mass is 9.84. The van der Waals surface area contributed by atoms with E-state index in [1.54, 1.807) is 12.1 Å². The average molecular weight is 509 g/mol. The molecule has 0 saturated heterocycles. The Hall–Kier alpha value is -5.20. The molecule has 0 fully saturated rings. The second-order valence-corrected chi connectivity index (χ2v) is 10.3. The summed E-state index contributed by atoms with van der Waals surface area (Å²) in [4.78, 5) is 0. The number of hydrogen-bond donors (Lipinski definition) is 0. The molecule has 0 radical (unpaired) electrons. The lowest BCUT2D eigenvalue weighted by molar-refractivity contribution is 1.65. The van der Waals surface area contributed by atoms with Gasteiger partial charge in [0, 0.05) is 0 Å². The van der Waals surface area contributed by atoms with E-state index in [0.717, 1.165) is 32.7 Å². The Kier molecular flexibility index (Phi) is 4.78.